The van der Waals surface area contributed by atoms with Crippen molar-refractivity contribution in [3.63, 3.8) is 0 Å². The molecule has 1 aromatic carbocycles. The average molecular weight is 289 g/mol. The molecule has 1 aromatic heterocycles. The third-order valence-electron chi connectivity index (χ3n) is 2.94. The first kappa shape index (κ1) is 13.1. The number of rotatable bonds is 2. The van der Waals surface area contributed by atoms with Crippen LogP contribution in [0.5, 0.6) is 5.75 Å². The third-order valence-corrected chi connectivity index (χ3v) is 2.94. The summed E-state index contributed by atoms with van der Waals surface area (Å²) >= 11 is 0. The summed E-state index contributed by atoms with van der Waals surface area (Å²) in [6, 6.07) is 4.98. The SMILES string of the molecule is CC1Oc2ccc(Nc3nc(N)ncc3F)cc2NC1=O. The summed E-state index contributed by atoms with van der Waals surface area (Å²) in [5, 5.41) is 5.48. The van der Waals surface area contributed by atoms with Gasteiger partial charge in [-0.15, -0.1) is 0 Å². The predicted molar refractivity (Wildman–Crippen MR) is 74.8 cm³/mol. The van der Waals surface area contributed by atoms with Crippen LogP contribution in [-0.2, 0) is 4.79 Å². The Kier molecular flexibility index (Phi) is 3.05. The molecule has 1 unspecified atom stereocenters. The Bertz CT molecular complexity index is 722. The van der Waals surface area contributed by atoms with E-state index in [0.29, 0.717) is 17.1 Å². The number of nitrogens with two attached hydrogens (primary N) is 1. The van der Waals surface area contributed by atoms with Gasteiger partial charge in [-0.05, 0) is 25.1 Å². The molecule has 21 heavy (non-hydrogen) atoms. The lowest BCUT2D eigenvalue weighted by Gasteiger charge is -2.23. The van der Waals surface area contributed by atoms with E-state index in [2.05, 4.69) is 20.6 Å². The lowest BCUT2D eigenvalue weighted by molar-refractivity contribution is -0.122. The number of nitrogens with one attached hydrogen (secondary N) is 2. The Hall–Kier alpha value is -2.90. The monoisotopic (exact) mass is 289 g/mol. The van der Waals surface area contributed by atoms with Crippen LogP contribution in [0, 0.1) is 5.82 Å². The second-order valence-corrected chi connectivity index (χ2v) is 4.51. The van der Waals surface area contributed by atoms with Crippen molar-refractivity contribution in [1.29, 1.82) is 0 Å². The number of nitrogens with zero attached hydrogens (tertiary/aromatic N) is 2. The summed E-state index contributed by atoms with van der Waals surface area (Å²) in [5.74, 6) is -0.399. The molecule has 0 fully saturated rings. The van der Waals surface area contributed by atoms with Crippen LogP contribution < -0.4 is 21.1 Å². The molecule has 0 spiro atoms. The quantitative estimate of drug-likeness (QED) is 0.777. The first-order valence-electron chi connectivity index (χ1n) is 6.19. The van der Waals surface area contributed by atoms with E-state index in [4.69, 9.17) is 10.5 Å². The van der Waals surface area contributed by atoms with E-state index in [0.717, 1.165) is 6.20 Å². The van der Waals surface area contributed by atoms with Gasteiger partial charge in [0.1, 0.15) is 5.75 Å². The molecule has 108 valence electrons. The fourth-order valence-corrected chi connectivity index (χ4v) is 1.89. The van der Waals surface area contributed by atoms with Gasteiger partial charge in [-0.1, -0.05) is 0 Å². The van der Waals surface area contributed by atoms with Crippen molar-refractivity contribution in [2.75, 3.05) is 16.4 Å². The molecular weight excluding hydrogens is 277 g/mol. The highest BCUT2D eigenvalue weighted by Gasteiger charge is 2.23. The summed E-state index contributed by atoms with van der Waals surface area (Å²) in [4.78, 5) is 18.9. The number of benzene rings is 1. The van der Waals surface area contributed by atoms with E-state index in [1.165, 1.54) is 0 Å². The minimum atomic E-state index is -0.629. The van der Waals surface area contributed by atoms with E-state index < -0.39 is 11.9 Å². The number of hydrogen-bond acceptors (Lipinski definition) is 6. The van der Waals surface area contributed by atoms with E-state index in [-0.39, 0.29) is 17.7 Å². The number of amides is 1. The number of nitrogen functional groups attached to an aromatic ring is 1. The molecule has 0 bridgehead atoms. The number of ether oxygens (including phenoxy) is 1. The maximum absolute atomic E-state index is 13.6. The Labute approximate surface area is 119 Å². The summed E-state index contributed by atoms with van der Waals surface area (Å²) in [7, 11) is 0. The molecule has 2 aromatic rings. The zero-order chi connectivity index (χ0) is 15.0. The smallest absolute Gasteiger partial charge is 0.265 e. The van der Waals surface area contributed by atoms with Crippen molar-refractivity contribution < 1.29 is 13.9 Å². The van der Waals surface area contributed by atoms with E-state index in [1.54, 1.807) is 25.1 Å². The minimum absolute atomic E-state index is 0.0395. The molecule has 1 aliphatic rings. The summed E-state index contributed by atoms with van der Waals surface area (Å²) in [5.41, 5.74) is 6.46. The third kappa shape index (κ3) is 2.55. The van der Waals surface area contributed by atoms with E-state index >= 15 is 0 Å². The van der Waals surface area contributed by atoms with Crippen molar-refractivity contribution in [3.8, 4) is 5.75 Å². The van der Waals surface area contributed by atoms with Gasteiger partial charge in [0.25, 0.3) is 5.91 Å². The number of hydrogen-bond donors (Lipinski definition) is 3. The molecule has 0 radical (unpaired) electrons. The van der Waals surface area contributed by atoms with Crippen LogP contribution in [0.4, 0.5) is 27.5 Å². The molecule has 1 amide bonds. The predicted octanol–water partition coefficient (Wildman–Crippen LogP) is 1.66. The molecule has 0 aliphatic carbocycles. The number of carbonyl (C=O) groups is 1. The molecule has 0 saturated carbocycles. The van der Waals surface area contributed by atoms with Crippen LogP contribution in [0.25, 0.3) is 0 Å². The molecule has 7 nitrogen and oxygen atoms in total. The molecular formula is C13H12FN5O2. The highest BCUT2D eigenvalue weighted by molar-refractivity contribution is 5.98. The maximum Gasteiger partial charge on any atom is 0.265 e. The molecule has 8 heteroatoms. The number of aromatic nitrogens is 2. The van der Waals surface area contributed by atoms with Gasteiger partial charge in [0, 0.05) is 5.69 Å². The lowest BCUT2D eigenvalue weighted by Crippen LogP contribution is -2.34. The molecule has 1 aliphatic heterocycles. The van der Waals surface area contributed by atoms with Crippen LogP contribution in [0.3, 0.4) is 0 Å². The van der Waals surface area contributed by atoms with Gasteiger partial charge in [-0.2, -0.15) is 4.98 Å². The second-order valence-electron chi connectivity index (χ2n) is 4.51. The molecule has 0 saturated heterocycles. The Morgan fingerprint density at radius 3 is 3.10 bits per heavy atom. The van der Waals surface area contributed by atoms with Gasteiger partial charge in [0.05, 0.1) is 11.9 Å². The summed E-state index contributed by atoms with van der Waals surface area (Å²) in [6.07, 6.45) is 0.436. The van der Waals surface area contributed by atoms with Crippen molar-refractivity contribution in [3.05, 3.63) is 30.2 Å². The second kappa shape index (κ2) is 4.89. The molecule has 2 heterocycles. The maximum atomic E-state index is 13.6. The molecule has 4 N–H and O–H groups in total. The van der Waals surface area contributed by atoms with Gasteiger partial charge in [0.2, 0.25) is 5.95 Å². The Morgan fingerprint density at radius 2 is 2.29 bits per heavy atom. The molecule has 3 rings (SSSR count). The van der Waals surface area contributed by atoms with Gasteiger partial charge in [-0.25, -0.2) is 9.37 Å². The normalized spacial score (nSPS) is 16.7. The number of anilines is 4. The lowest BCUT2D eigenvalue weighted by atomic mass is 10.2. The summed E-state index contributed by atoms with van der Waals surface area (Å²) < 4.78 is 19.0. The van der Waals surface area contributed by atoms with Crippen LogP contribution in [0.1, 0.15) is 6.92 Å². The van der Waals surface area contributed by atoms with Crippen molar-refractivity contribution in [1.82, 2.24) is 9.97 Å². The Morgan fingerprint density at radius 1 is 1.48 bits per heavy atom. The first-order chi connectivity index (χ1) is 10.0. The largest absolute Gasteiger partial charge is 0.479 e. The van der Waals surface area contributed by atoms with Crippen LogP contribution in [0.2, 0.25) is 0 Å². The van der Waals surface area contributed by atoms with E-state index in [1.807, 2.05) is 0 Å². The summed E-state index contributed by atoms with van der Waals surface area (Å²) in [6.45, 7) is 1.66. The van der Waals surface area contributed by atoms with Gasteiger partial charge >= 0.3 is 0 Å². The fraction of sp³-hybridized carbons (Fsp3) is 0.154. The van der Waals surface area contributed by atoms with Crippen molar-refractivity contribution >= 4 is 29.0 Å². The van der Waals surface area contributed by atoms with Gasteiger partial charge < -0.3 is 21.1 Å². The highest BCUT2D eigenvalue weighted by atomic mass is 19.1. The van der Waals surface area contributed by atoms with Crippen LogP contribution in [-0.4, -0.2) is 22.0 Å². The molecule has 1 atom stereocenters. The standard InChI is InChI=1S/C13H12FN5O2/c1-6-12(20)18-9-4-7(2-3-10(9)21-6)17-11-8(14)5-16-13(15)19-11/h2-6H,1H3,(H,18,20)(H3,15,16,17,19). The van der Waals surface area contributed by atoms with Gasteiger partial charge in [0.15, 0.2) is 17.7 Å². The topological polar surface area (TPSA) is 102 Å². The fourth-order valence-electron chi connectivity index (χ4n) is 1.89. The van der Waals surface area contributed by atoms with Gasteiger partial charge in [-0.3, -0.25) is 4.79 Å². The zero-order valence-electron chi connectivity index (χ0n) is 11.1. The highest BCUT2D eigenvalue weighted by Crippen LogP contribution is 2.33. The number of fused-ring (bicyclic) bond motifs is 1. The van der Waals surface area contributed by atoms with Crippen molar-refractivity contribution in [2.45, 2.75) is 13.0 Å². The minimum Gasteiger partial charge on any atom is -0.479 e. The van der Waals surface area contributed by atoms with Crippen LogP contribution in [0.15, 0.2) is 24.4 Å². The number of halogens is 1. The van der Waals surface area contributed by atoms with E-state index in [9.17, 15) is 9.18 Å². The zero-order valence-corrected chi connectivity index (χ0v) is 11.1. The van der Waals surface area contributed by atoms with Crippen LogP contribution >= 0.6 is 0 Å². The average Bonchev–Trinajstić information content (AvgIpc) is 2.44. The first-order valence-corrected chi connectivity index (χ1v) is 6.19. The van der Waals surface area contributed by atoms with Crippen molar-refractivity contribution in [2.24, 2.45) is 0 Å². The number of carbonyl (C=O) groups excluding carboxylic acids is 1. The Balaban J connectivity index is 1.89.